The number of hydrogen-bond donors (Lipinski definition) is 0. The molecule has 31 heavy (non-hydrogen) atoms. The van der Waals surface area contributed by atoms with Crippen LogP contribution in [0.25, 0.3) is 11.1 Å². The number of hydrogen-bond acceptors (Lipinski definition) is 5. The second-order valence-corrected chi connectivity index (χ2v) is 7.21. The molecule has 8 heteroatoms. The van der Waals surface area contributed by atoms with Gasteiger partial charge in [-0.05, 0) is 55.5 Å². The molecule has 4 aromatic rings. The summed E-state index contributed by atoms with van der Waals surface area (Å²) in [5.74, 6) is 0.0796. The van der Waals surface area contributed by atoms with Crippen molar-refractivity contribution in [3.05, 3.63) is 77.6 Å². The third-order valence-electron chi connectivity index (χ3n) is 4.56. The standard InChI is InChI=1S/C23H18ClFN2O4/c1-14(22(28)27(2)20-6-4-3-5-18(20)25)29-16-8-10-17(11-9-16)30-23-26-19-12-7-15(24)13-21(19)31-23/h3-14H,1-2H3/t14-/m0/s1. The van der Waals surface area contributed by atoms with Crippen molar-refractivity contribution >= 4 is 34.3 Å². The van der Waals surface area contributed by atoms with Gasteiger partial charge in [-0.1, -0.05) is 23.7 Å². The number of fused-ring (bicyclic) bond motifs is 1. The van der Waals surface area contributed by atoms with Crippen LogP contribution in [-0.2, 0) is 4.79 Å². The van der Waals surface area contributed by atoms with Gasteiger partial charge < -0.3 is 18.8 Å². The number of likely N-dealkylation sites (N-methyl/N-ethyl adjacent to an activating group) is 1. The van der Waals surface area contributed by atoms with Crippen LogP contribution in [-0.4, -0.2) is 24.0 Å². The lowest BCUT2D eigenvalue weighted by Gasteiger charge is -2.22. The van der Waals surface area contributed by atoms with Gasteiger partial charge in [0.1, 0.15) is 22.8 Å². The normalized spacial score (nSPS) is 11.9. The Morgan fingerprint density at radius 2 is 1.81 bits per heavy atom. The molecule has 0 aliphatic carbocycles. The highest BCUT2D eigenvalue weighted by atomic mass is 35.5. The van der Waals surface area contributed by atoms with E-state index in [-0.39, 0.29) is 17.7 Å². The van der Waals surface area contributed by atoms with Crippen LogP contribution >= 0.6 is 11.6 Å². The van der Waals surface area contributed by atoms with Crippen LogP contribution in [0.4, 0.5) is 10.1 Å². The number of nitrogens with zero attached hydrogens (tertiary/aromatic N) is 2. The number of oxazole rings is 1. The van der Waals surface area contributed by atoms with E-state index in [1.54, 1.807) is 61.5 Å². The number of amides is 1. The molecular formula is C23H18ClFN2O4. The Bertz CT molecular complexity index is 1230. The maximum absolute atomic E-state index is 13.9. The Hall–Kier alpha value is -3.58. The molecule has 0 fully saturated rings. The number of benzene rings is 3. The zero-order chi connectivity index (χ0) is 22.0. The second kappa shape index (κ2) is 8.65. The number of halogens is 2. The van der Waals surface area contributed by atoms with Crippen LogP contribution in [0.15, 0.2) is 71.1 Å². The first-order valence-electron chi connectivity index (χ1n) is 9.43. The molecule has 0 aliphatic rings. The number of para-hydroxylation sites is 1. The summed E-state index contributed by atoms with van der Waals surface area (Å²) in [5, 5.41) is 0.543. The summed E-state index contributed by atoms with van der Waals surface area (Å²) >= 11 is 5.94. The summed E-state index contributed by atoms with van der Waals surface area (Å²) in [6, 6.07) is 17.8. The molecule has 1 heterocycles. The maximum Gasteiger partial charge on any atom is 0.400 e. The molecule has 0 N–H and O–H groups in total. The van der Waals surface area contributed by atoms with E-state index in [1.807, 2.05) is 0 Å². The second-order valence-electron chi connectivity index (χ2n) is 6.77. The number of ether oxygens (including phenoxy) is 2. The highest BCUT2D eigenvalue weighted by molar-refractivity contribution is 6.31. The molecule has 1 aromatic heterocycles. The van der Waals surface area contributed by atoms with Gasteiger partial charge in [-0.3, -0.25) is 4.79 Å². The predicted octanol–water partition coefficient (Wildman–Crippen LogP) is 5.84. The topological polar surface area (TPSA) is 64.8 Å². The van der Waals surface area contributed by atoms with Crippen molar-refractivity contribution in [2.75, 3.05) is 11.9 Å². The van der Waals surface area contributed by atoms with Gasteiger partial charge >= 0.3 is 6.08 Å². The quantitative estimate of drug-likeness (QED) is 0.376. The molecule has 158 valence electrons. The van der Waals surface area contributed by atoms with Crippen molar-refractivity contribution in [2.45, 2.75) is 13.0 Å². The average Bonchev–Trinajstić information content (AvgIpc) is 3.15. The van der Waals surface area contributed by atoms with E-state index in [2.05, 4.69) is 4.98 Å². The van der Waals surface area contributed by atoms with Gasteiger partial charge in [-0.25, -0.2) is 4.39 Å². The average molecular weight is 441 g/mol. The van der Waals surface area contributed by atoms with Gasteiger partial charge in [0.2, 0.25) is 0 Å². The number of rotatable bonds is 6. The Morgan fingerprint density at radius 3 is 2.55 bits per heavy atom. The molecule has 0 unspecified atom stereocenters. The van der Waals surface area contributed by atoms with Crippen molar-refractivity contribution < 1.29 is 23.1 Å². The van der Waals surface area contributed by atoms with Crippen LogP contribution < -0.4 is 14.4 Å². The molecule has 1 amide bonds. The lowest BCUT2D eigenvalue weighted by Crippen LogP contribution is -2.38. The van der Waals surface area contributed by atoms with Crippen LogP contribution in [0, 0.1) is 5.82 Å². The lowest BCUT2D eigenvalue weighted by atomic mass is 10.2. The fourth-order valence-electron chi connectivity index (χ4n) is 2.98. The maximum atomic E-state index is 13.9. The van der Waals surface area contributed by atoms with Gasteiger partial charge in [-0.2, -0.15) is 4.98 Å². The van der Waals surface area contributed by atoms with Gasteiger partial charge in [0.15, 0.2) is 11.7 Å². The van der Waals surface area contributed by atoms with Crippen LogP contribution in [0.3, 0.4) is 0 Å². The minimum atomic E-state index is -0.821. The van der Waals surface area contributed by atoms with E-state index < -0.39 is 11.9 Å². The largest absolute Gasteiger partial charge is 0.481 e. The van der Waals surface area contributed by atoms with Crippen molar-refractivity contribution in [1.82, 2.24) is 4.98 Å². The van der Waals surface area contributed by atoms with Gasteiger partial charge in [0, 0.05) is 18.1 Å². The predicted molar refractivity (Wildman–Crippen MR) is 115 cm³/mol. The molecule has 1 atom stereocenters. The minimum absolute atomic E-state index is 0.0843. The van der Waals surface area contributed by atoms with Crippen molar-refractivity contribution in [3.63, 3.8) is 0 Å². The van der Waals surface area contributed by atoms with Crippen molar-refractivity contribution in [2.24, 2.45) is 0 Å². The number of aromatic nitrogens is 1. The van der Waals surface area contributed by atoms with Gasteiger partial charge in [0.25, 0.3) is 5.91 Å². The first-order valence-corrected chi connectivity index (χ1v) is 9.81. The third kappa shape index (κ3) is 4.62. The monoisotopic (exact) mass is 440 g/mol. The Labute approximate surface area is 182 Å². The molecule has 0 radical (unpaired) electrons. The van der Waals surface area contributed by atoms with E-state index in [4.69, 9.17) is 25.5 Å². The summed E-state index contributed by atoms with van der Waals surface area (Å²) in [6.07, 6.45) is -0.737. The summed E-state index contributed by atoms with van der Waals surface area (Å²) in [7, 11) is 1.51. The smallest absolute Gasteiger partial charge is 0.400 e. The zero-order valence-electron chi connectivity index (χ0n) is 16.7. The van der Waals surface area contributed by atoms with E-state index in [9.17, 15) is 9.18 Å². The number of anilines is 1. The molecule has 0 spiro atoms. The van der Waals surface area contributed by atoms with Crippen molar-refractivity contribution in [1.29, 1.82) is 0 Å². The first kappa shape index (κ1) is 20.7. The first-order chi connectivity index (χ1) is 14.9. The fourth-order valence-corrected chi connectivity index (χ4v) is 3.14. The van der Waals surface area contributed by atoms with Crippen LogP contribution in [0.5, 0.6) is 17.6 Å². The van der Waals surface area contributed by atoms with Crippen LogP contribution in [0.1, 0.15) is 6.92 Å². The van der Waals surface area contributed by atoms with E-state index >= 15 is 0 Å². The van der Waals surface area contributed by atoms with E-state index in [1.165, 1.54) is 24.1 Å². The molecule has 6 nitrogen and oxygen atoms in total. The van der Waals surface area contributed by atoms with Gasteiger partial charge in [-0.15, -0.1) is 0 Å². The molecule has 4 rings (SSSR count). The minimum Gasteiger partial charge on any atom is -0.481 e. The third-order valence-corrected chi connectivity index (χ3v) is 4.80. The zero-order valence-corrected chi connectivity index (χ0v) is 17.5. The lowest BCUT2D eigenvalue weighted by molar-refractivity contribution is -0.124. The SMILES string of the molecule is C[C@H](Oc1ccc(Oc2nc3ccc(Cl)cc3o2)cc1)C(=O)N(C)c1ccccc1F. The molecule has 0 saturated heterocycles. The molecule has 0 saturated carbocycles. The van der Waals surface area contributed by atoms with E-state index in [0.29, 0.717) is 27.6 Å². The van der Waals surface area contributed by atoms with Crippen molar-refractivity contribution in [3.8, 4) is 17.6 Å². The fraction of sp³-hybridized carbons (Fsp3) is 0.130. The molecular weight excluding hydrogens is 423 g/mol. The highest BCUT2D eigenvalue weighted by Crippen LogP contribution is 2.28. The molecule has 3 aromatic carbocycles. The summed E-state index contributed by atoms with van der Waals surface area (Å²) in [6.45, 7) is 1.60. The van der Waals surface area contributed by atoms with Crippen LogP contribution in [0.2, 0.25) is 5.02 Å². The Kier molecular flexibility index (Phi) is 5.77. The van der Waals surface area contributed by atoms with Gasteiger partial charge in [0.05, 0.1) is 5.69 Å². The summed E-state index contributed by atoms with van der Waals surface area (Å²) < 4.78 is 30.8. The highest BCUT2D eigenvalue weighted by Gasteiger charge is 2.22. The van der Waals surface area contributed by atoms with E-state index in [0.717, 1.165) is 0 Å². The number of carbonyl (C=O) groups excluding carboxylic acids is 1. The Morgan fingerprint density at radius 1 is 1.10 bits per heavy atom. The summed E-state index contributed by atoms with van der Waals surface area (Å²) in [5.41, 5.74) is 1.34. The number of carbonyl (C=O) groups is 1. The summed E-state index contributed by atoms with van der Waals surface area (Å²) in [4.78, 5) is 18.1. The molecule has 0 bridgehead atoms. The Balaban J connectivity index is 1.40. The molecule has 0 aliphatic heterocycles.